The molecule has 0 bridgehead atoms. The predicted molar refractivity (Wildman–Crippen MR) is 290 cm³/mol. The average Bonchev–Trinajstić information content (AvgIpc) is 4.10. The molecule has 3 aromatic rings. The number of aryl methyl sites for hydroxylation is 3. The largest absolute Gasteiger partial charge is 0.519 e. The monoisotopic (exact) mass is 1370 g/mol. The Morgan fingerprint density at radius 2 is 0.916 bits per heavy atom. The maximum Gasteiger partial charge on any atom is 0.519 e. The minimum absolute atomic E-state index is 0.0131. The highest BCUT2D eigenvalue weighted by Gasteiger charge is 2.39. The Morgan fingerprint density at radius 3 is 1.27 bits per heavy atom. The van der Waals surface area contributed by atoms with Crippen molar-refractivity contribution in [3.8, 4) is 0 Å². The van der Waals surface area contributed by atoms with Gasteiger partial charge in [0.1, 0.15) is 0 Å². The van der Waals surface area contributed by atoms with E-state index < -0.39 is 155 Å². The minimum Gasteiger partial charge on any atom is -0.481 e. The molecule has 0 radical (unpaired) electrons. The Morgan fingerprint density at radius 1 is 0.554 bits per heavy atom. The number of carboxylic acids is 1. The minimum atomic E-state index is -3.92. The van der Waals surface area contributed by atoms with Crippen LogP contribution in [0.2, 0.25) is 0 Å². The smallest absolute Gasteiger partial charge is 0.481 e. The number of hydrogen-bond donors (Lipinski definition) is 1. The third kappa shape index (κ3) is 33.5. The highest BCUT2D eigenvalue weighted by atomic mass is 31.3. The number of rotatable bonds is 36. The van der Waals surface area contributed by atoms with Crippen LogP contribution >= 0.6 is 77.0 Å². The topological polar surface area (TPSA) is 452 Å². The van der Waals surface area contributed by atoms with Crippen LogP contribution in [0, 0.1) is 32.6 Å². The van der Waals surface area contributed by atoms with E-state index in [-0.39, 0.29) is 98.6 Å². The van der Waals surface area contributed by atoms with Gasteiger partial charge in [-0.05, 0) is 33.6 Å². The van der Waals surface area contributed by atoms with Gasteiger partial charge in [-0.15, -0.1) is 0 Å². The molecule has 8 atom stereocenters. The van der Waals surface area contributed by atoms with Gasteiger partial charge in [0.25, 0.3) is 0 Å². The van der Waals surface area contributed by atoms with E-state index in [1.54, 1.807) is 6.92 Å². The van der Waals surface area contributed by atoms with Crippen LogP contribution in [0.15, 0.2) is 40.9 Å². The summed E-state index contributed by atoms with van der Waals surface area (Å²) in [5, 5.41) is 7.72. The predicted octanol–water partition coefficient (Wildman–Crippen LogP) is 8.11. The number of esters is 5. The first kappa shape index (κ1) is 77.9. The van der Waals surface area contributed by atoms with Crippen LogP contribution in [0.1, 0.15) is 80.0 Å². The van der Waals surface area contributed by atoms with Gasteiger partial charge in [0, 0.05) is 61.9 Å². The molecule has 1 aliphatic heterocycles. The molecule has 3 aromatic heterocycles. The third-order valence-electron chi connectivity index (χ3n) is 9.19. The summed E-state index contributed by atoms with van der Waals surface area (Å²) in [4.78, 5) is 102. The molecule has 0 spiro atoms. The Bertz CT molecular complexity index is 2740. The molecular weight excluding hydrogens is 1310 g/mol. The summed E-state index contributed by atoms with van der Waals surface area (Å²) in [6, 6.07) is 0. The van der Waals surface area contributed by atoms with E-state index in [4.69, 9.17) is 85.6 Å². The summed E-state index contributed by atoms with van der Waals surface area (Å²) in [6.45, 7) is 4.94. The van der Waals surface area contributed by atoms with Crippen LogP contribution in [0.3, 0.4) is 0 Å². The molecule has 0 amide bonds. The van der Waals surface area contributed by atoms with Crippen LogP contribution in [0.5, 0.6) is 0 Å². The van der Waals surface area contributed by atoms with E-state index >= 15 is 0 Å². The van der Waals surface area contributed by atoms with E-state index in [0.717, 1.165) is 0 Å². The summed E-state index contributed by atoms with van der Waals surface area (Å²) in [7, 11) is -6.07. The van der Waals surface area contributed by atoms with Crippen LogP contribution in [0.4, 0.5) is 0 Å². The van der Waals surface area contributed by atoms with E-state index in [2.05, 4.69) is 18.0 Å². The number of ether oxygens (including phenoxy) is 4. The highest BCUT2D eigenvalue weighted by molar-refractivity contribution is 7.64. The molecule has 35 nitrogen and oxygen atoms in total. The maximum absolute atomic E-state index is 13.1. The van der Waals surface area contributed by atoms with Gasteiger partial charge >= 0.3 is 76.1 Å². The first-order valence-corrected chi connectivity index (χ1v) is 33.1. The second-order valence-electron chi connectivity index (χ2n) is 15.2. The molecule has 8 unspecified atom stereocenters. The van der Waals surface area contributed by atoms with Crippen molar-refractivity contribution >= 4 is 113 Å². The fraction of sp³-hybridized carbons (Fsp3) is 0.615. The summed E-state index contributed by atoms with van der Waals surface area (Å²) in [6.07, 6.45) is -0.950. The van der Waals surface area contributed by atoms with E-state index in [1.165, 1.54) is 63.4 Å². The number of aliphatic carboxylic acids is 1. The fourth-order valence-corrected chi connectivity index (χ4v) is 15.3. The zero-order valence-corrected chi connectivity index (χ0v) is 54.5. The summed E-state index contributed by atoms with van der Waals surface area (Å²) < 4.78 is 144. The number of hydrogen-bond acceptors (Lipinski definition) is 34. The standard InChI is InChI=1S/C18H25O15P3.C10H17O10P3.C8H15O8P3.C3H6O2/c1-10-13(30-17(21)28-10)7-26-15(19)6-5-12(9-36(23,32-34-24-3)33-35-25-4)16(20)27-8-14-11(2)29-18(22)31-14;1-7-8(18-10(12)17-7)6-16-9(11)4-5-23(13,19-21-14-2)20-22-15-3;1-12-17-15-19(11,16-18-13-2)5-6-3-4-7(9)14-8(6)10;1-2-3(4)5/h12,34-35H,5-9H2,1-4H3;21-22H,4-6H2,1-3H3;6,17-18H,3-5H2,1-2H3;2H2,1H3,(H,4,5). The lowest BCUT2D eigenvalue weighted by Crippen LogP contribution is -2.30. The van der Waals surface area contributed by atoms with Crippen molar-refractivity contribution < 1.29 is 146 Å². The first-order valence-electron chi connectivity index (χ1n) is 23.0. The summed E-state index contributed by atoms with van der Waals surface area (Å²) >= 11 is 0. The Balaban J connectivity index is 0.000000630. The van der Waals surface area contributed by atoms with Crippen molar-refractivity contribution in [3.05, 3.63) is 66.4 Å². The van der Waals surface area contributed by atoms with Crippen molar-refractivity contribution in [3.63, 3.8) is 0 Å². The zero-order valence-electron chi connectivity index (χ0n) is 45.8. The normalized spacial score (nSPS) is 16.3. The summed E-state index contributed by atoms with van der Waals surface area (Å²) in [5.74, 6) is -8.31. The van der Waals surface area contributed by atoms with Crippen LogP contribution in [-0.2, 0) is 134 Å². The number of carbonyl (C=O) groups is 6. The summed E-state index contributed by atoms with van der Waals surface area (Å²) in [5.41, 5.74) is 0. The van der Waals surface area contributed by atoms with Crippen molar-refractivity contribution in [2.75, 3.05) is 61.1 Å². The Hall–Kier alpha value is -3.16. The van der Waals surface area contributed by atoms with Gasteiger partial charge in [-0.1, -0.05) is 6.92 Å². The number of carbonyl (C=O) groups excluding carboxylic acids is 5. The van der Waals surface area contributed by atoms with Crippen LogP contribution in [-0.4, -0.2) is 102 Å². The lowest BCUT2D eigenvalue weighted by Gasteiger charge is -2.23. The second-order valence-corrected chi connectivity index (χ2v) is 27.9. The SMILES string of the molecule is CCC(=O)O.COPOP(=O)(CC(CCC(=O)OCc1oc(=O)oc1C)C(=O)OCc1oc(=O)oc1C)OPOC.COPOP(=O)(CC1CCC(=O)OC1=O)OPOC.COPOP(=O)(CCC(=O)OCc1oc(=O)oc1C)OPOC. The second kappa shape index (κ2) is 42.6. The molecule has 1 aliphatic rings. The third-order valence-corrected chi connectivity index (χ3v) is 21.2. The molecular formula is C39H63O35P9. The molecule has 44 heteroatoms. The molecule has 4 rings (SSSR count). The molecule has 1 fully saturated rings. The van der Waals surface area contributed by atoms with E-state index in [9.17, 15) is 56.8 Å². The van der Waals surface area contributed by atoms with Gasteiger partial charge < -0.3 is 77.7 Å². The van der Waals surface area contributed by atoms with Gasteiger partial charge in [-0.25, -0.2) is 14.4 Å². The lowest BCUT2D eigenvalue weighted by molar-refractivity contribution is -0.167. The van der Waals surface area contributed by atoms with Gasteiger partial charge in [0.2, 0.25) is 0 Å². The number of carboxylic acid groups (broad SMARTS) is 1. The fourth-order valence-electron chi connectivity index (χ4n) is 5.24. The van der Waals surface area contributed by atoms with Crippen LogP contribution < -0.4 is 17.5 Å². The number of cyclic esters (lactones) is 2. The van der Waals surface area contributed by atoms with Gasteiger partial charge in [-0.3, -0.25) is 68.3 Å². The molecule has 1 N–H and O–H groups in total. The Kier molecular flexibility index (Phi) is 40.0. The van der Waals surface area contributed by atoms with E-state index in [0.29, 0.717) is 0 Å². The van der Waals surface area contributed by atoms with Crippen molar-refractivity contribution in [2.24, 2.45) is 11.8 Å². The molecule has 83 heavy (non-hydrogen) atoms. The van der Waals surface area contributed by atoms with Crippen LogP contribution in [0.25, 0.3) is 0 Å². The van der Waals surface area contributed by atoms with Gasteiger partial charge in [-0.2, -0.15) is 0 Å². The molecule has 4 heterocycles. The van der Waals surface area contributed by atoms with Crippen molar-refractivity contribution in [1.82, 2.24) is 0 Å². The van der Waals surface area contributed by atoms with Gasteiger partial charge in [0.05, 0.1) is 36.7 Å². The highest BCUT2D eigenvalue weighted by Crippen LogP contribution is 2.61. The molecule has 0 aliphatic carbocycles. The molecule has 0 aromatic carbocycles. The molecule has 0 saturated carbocycles. The van der Waals surface area contributed by atoms with Crippen molar-refractivity contribution in [1.29, 1.82) is 0 Å². The lowest BCUT2D eigenvalue weighted by atomic mass is 10.0. The maximum atomic E-state index is 13.1. The zero-order chi connectivity index (χ0) is 62.6. The first-order chi connectivity index (χ1) is 39.2. The van der Waals surface area contributed by atoms with E-state index in [1.807, 2.05) is 0 Å². The Labute approximate surface area is 482 Å². The molecule has 474 valence electrons. The average molecular weight is 1370 g/mol. The van der Waals surface area contributed by atoms with Crippen molar-refractivity contribution in [2.45, 2.75) is 86.0 Å². The molecule has 1 saturated heterocycles. The quantitative estimate of drug-likeness (QED) is 0.0248. The van der Waals surface area contributed by atoms with Gasteiger partial charge in [0.15, 0.2) is 109 Å².